The number of rotatable bonds is 3. The first kappa shape index (κ1) is 15.3. The summed E-state index contributed by atoms with van der Waals surface area (Å²) in [6, 6.07) is 6.04. The first-order valence-corrected chi connectivity index (χ1v) is 6.20. The molecule has 1 aromatic carbocycles. The Morgan fingerprint density at radius 2 is 2.17 bits per heavy atom. The van der Waals surface area contributed by atoms with Crippen molar-refractivity contribution in [3.8, 4) is 5.75 Å². The van der Waals surface area contributed by atoms with Crippen molar-refractivity contribution < 1.29 is 9.84 Å². The van der Waals surface area contributed by atoms with E-state index in [1.54, 1.807) is 0 Å². The minimum absolute atomic E-state index is 0. The van der Waals surface area contributed by atoms with Gasteiger partial charge in [0.25, 0.3) is 0 Å². The zero-order chi connectivity index (χ0) is 12.5. The van der Waals surface area contributed by atoms with E-state index in [0.29, 0.717) is 6.42 Å². The maximum absolute atomic E-state index is 8.90. The highest BCUT2D eigenvalue weighted by molar-refractivity contribution is 5.85. The van der Waals surface area contributed by atoms with E-state index in [-0.39, 0.29) is 30.7 Å². The number of halogens is 1. The van der Waals surface area contributed by atoms with Crippen molar-refractivity contribution in [2.24, 2.45) is 5.73 Å². The molecule has 3 nitrogen and oxygen atoms in total. The van der Waals surface area contributed by atoms with Crippen molar-refractivity contribution in [3.05, 3.63) is 29.3 Å². The number of aliphatic hydroxyl groups is 1. The third-order valence-corrected chi connectivity index (χ3v) is 3.34. The average Bonchev–Trinajstić information content (AvgIpc) is 2.27. The lowest BCUT2D eigenvalue weighted by molar-refractivity contribution is 0.0846. The quantitative estimate of drug-likeness (QED) is 0.888. The van der Waals surface area contributed by atoms with Crippen LogP contribution in [0.5, 0.6) is 5.75 Å². The summed E-state index contributed by atoms with van der Waals surface area (Å²) >= 11 is 0. The molecule has 0 aliphatic carbocycles. The van der Waals surface area contributed by atoms with Gasteiger partial charge in [-0.15, -0.1) is 12.4 Å². The summed E-state index contributed by atoms with van der Waals surface area (Å²) in [5.74, 6) is 0.973. The second kappa shape index (κ2) is 5.91. The summed E-state index contributed by atoms with van der Waals surface area (Å²) in [4.78, 5) is 0. The van der Waals surface area contributed by atoms with Gasteiger partial charge in [0.1, 0.15) is 11.4 Å². The molecular formula is C14H22ClNO2. The lowest BCUT2D eigenvalue weighted by atomic mass is 9.92. The zero-order valence-electron chi connectivity index (χ0n) is 11.0. The van der Waals surface area contributed by atoms with Crippen LogP contribution in [0.4, 0.5) is 0 Å². The number of fused-ring (bicyclic) bond motifs is 1. The highest BCUT2D eigenvalue weighted by Crippen LogP contribution is 2.34. The lowest BCUT2D eigenvalue weighted by Crippen LogP contribution is -2.32. The van der Waals surface area contributed by atoms with Gasteiger partial charge in [-0.25, -0.2) is 0 Å². The van der Waals surface area contributed by atoms with Crippen molar-refractivity contribution in [1.29, 1.82) is 0 Å². The molecule has 0 aromatic heterocycles. The molecule has 0 radical (unpaired) electrons. The molecular weight excluding hydrogens is 250 g/mol. The average molecular weight is 272 g/mol. The molecule has 3 N–H and O–H groups in total. The van der Waals surface area contributed by atoms with Crippen molar-refractivity contribution in [1.82, 2.24) is 0 Å². The van der Waals surface area contributed by atoms with Crippen LogP contribution < -0.4 is 10.5 Å². The number of hydrogen-bond acceptors (Lipinski definition) is 3. The number of ether oxygens (including phenoxy) is 1. The Hall–Kier alpha value is -0.770. The van der Waals surface area contributed by atoms with Gasteiger partial charge >= 0.3 is 0 Å². The largest absolute Gasteiger partial charge is 0.488 e. The molecule has 1 aromatic rings. The van der Waals surface area contributed by atoms with Crippen molar-refractivity contribution >= 4 is 12.4 Å². The van der Waals surface area contributed by atoms with Gasteiger partial charge in [-0.1, -0.05) is 12.1 Å². The van der Waals surface area contributed by atoms with Crippen LogP contribution in [0.3, 0.4) is 0 Å². The molecule has 1 aliphatic heterocycles. The topological polar surface area (TPSA) is 55.5 Å². The van der Waals surface area contributed by atoms with Gasteiger partial charge in [0.15, 0.2) is 0 Å². The van der Waals surface area contributed by atoms with Crippen molar-refractivity contribution in [2.45, 2.75) is 44.8 Å². The van der Waals surface area contributed by atoms with Crippen LogP contribution in [-0.2, 0) is 6.42 Å². The number of nitrogens with two attached hydrogens (primary N) is 1. The fraction of sp³-hybridized carbons (Fsp3) is 0.571. The van der Waals surface area contributed by atoms with Crippen LogP contribution in [0, 0.1) is 0 Å². The van der Waals surface area contributed by atoms with E-state index < -0.39 is 0 Å². The van der Waals surface area contributed by atoms with Gasteiger partial charge < -0.3 is 15.6 Å². The third-order valence-electron chi connectivity index (χ3n) is 3.34. The van der Waals surface area contributed by atoms with E-state index in [4.69, 9.17) is 15.6 Å². The highest BCUT2D eigenvalue weighted by Gasteiger charge is 2.26. The second-order valence-corrected chi connectivity index (χ2v) is 5.35. The fourth-order valence-electron chi connectivity index (χ4n) is 2.22. The van der Waals surface area contributed by atoms with E-state index in [2.05, 4.69) is 19.9 Å². The van der Waals surface area contributed by atoms with Gasteiger partial charge in [0, 0.05) is 12.6 Å². The van der Waals surface area contributed by atoms with Crippen LogP contribution in [0.25, 0.3) is 0 Å². The monoisotopic (exact) mass is 271 g/mol. The Morgan fingerprint density at radius 3 is 2.83 bits per heavy atom. The van der Waals surface area contributed by atoms with E-state index in [0.717, 1.165) is 24.2 Å². The standard InChI is InChI=1S/C14H21NO2.ClH/c1-14(2)7-5-11-9-10(12(15)6-8-16)3-4-13(11)17-14;/h3-4,9,12,16H,5-8,15H2,1-2H3;1H. The normalized spacial score (nSPS) is 18.2. The Bertz CT molecular complexity index is 407. The van der Waals surface area contributed by atoms with E-state index in [9.17, 15) is 0 Å². The summed E-state index contributed by atoms with van der Waals surface area (Å²) < 4.78 is 5.92. The van der Waals surface area contributed by atoms with Gasteiger partial charge in [0.2, 0.25) is 0 Å². The first-order chi connectivity index (χ1) is 8.02. The SMILES string of the molecule is CC1(C)CCc2cc(C(N)CCO)ccc2O1.Cl. The Kier molecular flexibility index (Phi) is 5.02. The maximum Gasteiger partial charge on any atom is 0.123 e. The van der Waals surface area contributed by atoms with Crippen LogP contribution in [0.15, 0.2) is 18.2 Å². The van der Waals surface area contributed by atoms with Crippen LogP contribution in [-0.4, -0.2) is 17.3 Å². The van der Waals surface area contributed by atoms with E-state index in [1.807, 2.05) is 12.1 Å². The number of hydrogen-bond donors (Lipinski definition) is 2. The van der Waals surface area contributed by atoms with Crippen LogP contribution in [0.1, 0.15) is 43.9 Å². The summed E-state index contributed by atoms with van der Waals surface area (Å²) in [6.07, 6.45) is 2.66. The summed E-state index contributed by atoms with van der Waals surface area (Å²) in [7, 11) is 0. The predicted octanol–water partition coefficient (Wildman–Crippen LogP) is 2.59. The van der Waals surface area contributed by atoms with Crippen molar-refractivity contribution in [2.75, 3.05) is 6.61 Å². The third kappa shape index (κ3) is 3.37. The molecule has 2 rings (SSSR count). The van der Waals surface area contributed by atoms with Crippen LogP contribution in [0.2, 0.25) is 0 Å². The molecule has 0 fully saturated rings. The van der Waals surface area contributed by atoms with E-state index >= 15 is 0 Å². The molecule has 4 heteroatoms. The minimum atomic E-state index is -0.0831. The van der Waals surface area contributed by atoms with Gasteiger partial charge in [0.05, 0.1) is 0 Å². The lowest BCUT2D eigenvalue weighted by Gasteiger charge is -2.33. The molecule has 1 unspecified atom stereocenters. The Balaban J connectivity index is 0.00000162. The zero-order valence-corrected chi connectivity index (χ0v) is 11.8. The smallest absolute Gasteiger partial charge is 0.123 e. The summed E-state index contributed by atoms with van der Waals surface area (Å²) in [5, 5.41) is 8.90. The second-order valence-electron chi connectivity index (χ2n) is 5.35. The molecule has 0 bridgehead atoms. The molecule has 0 saturated heterocycles. The molecule has 0 saturated carbocycles. The molecule has 1 heterocycles. The number of aliphatic hydroxyl groups excluding tert-OH is 1. The molecule has 0 amide bonds. The molecule has 18 heavy (non-hydrogen) atoms. The number of benzene rings is 1. The van der Waals surface area contributed by atoms with Crippen molar-refractivity contribution in [3.63, 3.8) is 0 Å². The predicted molar refractivity (Wildman–Crippen MR) is 75.3 cm³/mol. The molecule has 1 atom stereocenters. The Labute approximate surface area is 115 Å². The highest BCUT2D eigenvalue weighted by atomic mass is 35.5. The van der Waals surface area contributed by atoms with E-state index in [1.165, 1.54) is 5.56 Å². The Morgan fingerprint density at radius 1 is 1.44 bits per heavy atom. The van der Waals surface area contributed by atoms with Gasteiger partial charge in [-0.3, -0.25) is 0 Å². The van der Waals surface area contributed by atoms with Crippen LogP contribution >= 0.6 is 12.4 Å². The van der Waals surface area contributed by atoms with Gasteiger partial charge in [-0.05, 0) is 50.3 Å². The maximum atomic E-state index is 8.90. The first-order valence-electron chi connectivity index (χ1n) is 6.20. The summed E-state index contributed by atoms with van der Waals surface area (Å²) in [5.41, 5.74) is 8.24. The molecule has 102 valence electrons. The summed E-state index contributed by atoms with van der Waals surface area (Å²) in [6.45, 7) is 4.35. The molecule has 1 aliphatic rings. The number of aryl methyl sites for hydroxylation is 1. The van der Waals surface area contributed by atoms with Gasteiger partial charge in [-0.2, -0.15) is 0 Å². The fourth-order valence-corrected chi connectivity index (χ4v) is 2.22. The minimum Gasteiger partial charge on any atom is -0.488 e. The molecule has 0 spiro atoms.